The second kappa shape index (κ2) is 12.7. The highest BCUT2D eigenvalue weighted by Crippen LogP contribution is 2.35. The molecule has 0 amide bonds. The summed E-state index contributed by atoms with van der Waals surface area (Å²) in [4.78, 5) is 0. The van der Waals surface area contributed by atoms with Crippen LogP contribution in [0.3, 0.4) is 0 Å². The van der Waals surface area contributed by atoms with E-state index in [2.05, 4.69) is 77.9 Å². The van der Waals surface area contributed by atoms with Gasteiger partial charge in [0.1, 0.15) is 11.5 Å². The van der Waals surface area contributed by atoms with Crippen LogP contribution in [0.1, 0.15) is 103 Å². The Hall–Kier alpha value is -1.96. The number of rotatable bonds is 13. The fourth-order valence-electron chi connectivity index (χ4n) is 3.69. The summed E-state index contributed by atoms with van der Waals surface area (Å²) in [6.07, 6.45) is 7.12. The Balaban J connectivity index is 2.24. The minimum Gasteiger partial charge on any atom is -0.493 e. The molecule has 0 bridgehead atoms. The molecule has 2 aromatic carbocycles. The van der Waals surface area contributed by atoms with Crippen LogP contribution in [-0.2, 0) is 0 Å². The van der Waals surface area contributed by atoms with Gasteiger partial charge in [-0.1, -0.05) is 79.4 Å². The largest absolute Gasteiger partial charge is 0.493 e. The van der Waals surface area contributed by atoms with Crippen molar-refractivity contribution >= 4 is 0 Å². The highest BCUT2D eigenvalue weighted by atomic mass is 16.5. The zero-order valence-electron chi connectivity index (χ0n) is 20.1. The van der Waals surface area contributed by atoms with Gasteiger partial charge >= 0.3 is 0 Å². The summed E-state index contributed by atoms with van der Waals surface area (Å²) in [5, 5.41) is 0. The molecule has 0 aromatic heterocycles. The molecule has 0 aliphatic rings. The molecule has 2 heteroatoms. The number of benzene rings is 2. The first-order chi connectivity index (χ1) is 14.5. The maximum absolute atomic E-state index is 6.12. The minimum atomic E-state index is 0.428. The van der Waals surface area contributed by atoms with E-state index < -0.39 is 0 Å². The van der Waals surface area contributed by atoms with Gasteiger partial charge in [-0.25, -0.2) is 0 Å². The Morgan fingerprint density at radius 1 is 0.600 bits per heavy atom. The smallest absolute Gasteiger partial charge is 0.122 e. The molecule has 0 radical (unpaired) electrons. The Kier molecular flexibility index (Phi) is 10.3. The van der Waals surface area contributed by atoms with Crippen molar-refractivity contribution < 1.29 is 9.47 Å². The van der Waals surface area contributed by atoms with Crippen molar-refractivity contribution in [3.8, 4) is 22.6 Å². The molecular weight excluding hydrogens is 368 g/mol. The van der Waals surface area contributed by atoms with E-state index >= 15 is 0 Å². The standard InChI is InChI=1S/C28H42O2/c1-7-9-11-17-29-27-15-13-23(19-25(27)21(3)4)24-14-16-28(26(20-24)22(5)6)30-18-12-10-8-2/h13-16,19-22H,7-12,17-18H2,1-6H3. The van der Waals surface area contributed by atoms with Crippen molar-refractivity contribution in [2.75, 3.05) is 13.2 Å². The van der Waals surface area contributed by atoms with Gasteiger partial charge in [-0.2, -0.15) is 0 Å². The van der Waals surface area contributed by atoms with Crippen LogP contribution in [0.4, 0.5) is 0 Å². The average molecular weight is 411 g/mol. The molecule has 0 N–H and O–H groups in total. The summed E-state index contributed by atoms with van der Waals surface area (Å²) in [5.41, 5.74) is 5.07. The van der Waals surface area contributed by atoms with Gasteiger partial charge in [0, 0.05) is 0 Å². The average Bonchev–Trinajstić information content (AvgIpc) is 2.74. The van der Waals surface area contributed by atoms with E-state index in [-0.39, 0.29) is 0 Å². The lowest BCUT2D eigenvalue weighted by molar-refractivity contribution is 0.302. The molecule has 0 saturated heterocycles. The van der Waals surface area contributed by atoms with Crippen molar-refractivity contribution in [3.63, 3.8) is 0 Å². The molecule has 2 aromatic rings. The maximum atomic E-state index is 6.12. The highest BCUT2D eigenvalue weighted by Gasteiger charge is 2.13. The topological polar surface area (TPSA) is 18.5 Å². The Morgan fingerprint density at radius 2 is 1.00 bits per heavy atom. The van der Waals surface area contributed by atoms with Crippen molar-refractivity contribution in [2.45, 2.75) is 91.9 Å². The van der Waals surface area contributed by atoms with Crippen LogP contribution in [0, 0.1) is 0 Å². The summed E-state index contributed by atoms with van der Waals surface area (Å²) in [7, 11) is 0. The van der Waals surface area contributed by atoms with Crippen LogP contribution >= 0.6 is 0 Å². The normalized spacial score (nSPS) is 11.3. The van der Waals surface area contributed by atoms with Gasteiger partial charge in [0.25, 0.3) is 0 Å². The first-order valence-corrected chi connectivity index (χ1v) is 12.0. The summed E-state index contributed by atoms with van der Waals surface area (Å²) >= 11 is 0. The summed E-state index contributed by atoms with van der Waals surface area (Å²) in [5.74, 6) is 2.92. The van der Waals surface area contributed by atoms with Crippen LogP contribution in [0.25, 0.3) is 11.1 Å². The lowest BCUT2D eigenvalue weighted by atomic mass is 9.93. The third-order valence-corrected chi connectivity index (χ3v) is 5.61. The molecule has 2 rings (SSSR count). The summed E-state index contributed by atoms with van der Waals surface area (Å²) in [6, 6.07) is 13.3. The fraction of sp³-hybridized carbons (Fsp3) is 0.571. The van der Waals surface area contributed by atoms with Crippen LogP contribution in [0.5, 0.6) is 11.5 Å². The number of hydrogen-bond acceptors (Lipinski definition) is 2. The number of ether oxygens (including phenoxy) is 2. The van der Waals surface area contributed by atoms with Crippen LogP contribution < -0.4 is 9.47 Å². The Labute approximate surface area is 185 Å². The van der Waals surface area contributed by atoms with E-state index in [1.54, 1.807) is 0 Å². The molecule has 0 aliphatic carbocycles. The lowest BCUT2D eigenvalue weighted by Crippen LogP contribution is -2.03. The van der Waals surface area contributed by atoms with Crippen LogP contribution in [0.15, 0.2) is 36.4 Å². The first kappa shape index (κ1) is 24.3. The summed E-state index contributed by atoms with van der Waals surface area (Å²) < 4.78 is 12.2. The molecule has 0 unspecified atom stereocenters. The predicted molar refractivity (Wildman–Crippen MR) is 130 cm³/mol. The van der Waals surface area contributed by atoms with Crippen LogP contribution in [0.2, 0.25) is 0 Å². The highest BCUT2D eigenvalue weighted by molar-refractivity contribution is 5.68. The zero-order chi connectivity index (χ0) is 21.9. The second-order valence-corrected chi connectivity index (χ2v) is 8.93. The minimum absolute atomic E-state index is 0.428. The molecule has 0 spiro atoms. The van der Waals surface area contributed by atoms with Crippen LogP contribution in [-0.4, -0.2) is 13.2 Å². The monoisotopic (exact) mass is 410 g/mol. The SMILES string of the molecule is CCCCCOc1ccc(-c2ccc(OCCCCC)c(C(C)C)c2)cc1C(C)C. The van der Waals surface area contributed by atoms with Gasteiger partial charge in [0.05, 0.1) is 13.2 Å². The molecule has 0 saturated carbocycles. The quantitative estimate of drug-likeness (QED) is 0.307. The molecule has 0 aliphatic heterocycles. The Bertz CT molecular complexity index is 696. The second-order valence-electron chi connectivity index (χ2n) is 8.93. The van der Waals surface area contributed by atoms with E-state index in [1.807, 2.05) is 0 Å². The van der Waals surface area contributed by atoms with E-state index in [9.17, 15) is 0 Å². The van der Waals surface area contributed by atoms with Gasteiger partial charge in [0.2, 0.25) is 0 Å². The molecule has 2 nitrogen and oxygen atoms in total. The fourth-order valence-corrected chi connectivity index (χ4v) is 3.69. The first-order valence-electron chi connectivity index (χ1n) is 12.0. The van der Waals surface area contributed by atoms with Crippen molar-refractivity contribution in [1.29, 1.82) is 0 Å². The van der Waals surface area contributed by atoms with Crippen molar-refractivity contribution in [2.24, 2.45) is 0 Å². The van der Waals surface area contributed by atoms with Gasteiger partial charge < -0.3 is 9.47 Å². The Morgan fingerprint density at radius 3 is 1.33 bits per heavy atom. The molecule has 0 heterocycles. The van der Waals surface area contributed by atoms with Gasteiger partial charge in [-0.05, 0) is 71.2 Å². The molecule has 0 atom stereocenters. The van der Waals surface area contributed by atoms with E-state index in [0.29, 0.717) is 11.8 Å². The number of unbranched alkanes of at least 4 members (excludes halogenated alkanes) is 4. The zero-order valence-corrected chi connectivity index (χ0v) is 20.1. The van der Waals surface area contributed by atoms with Gasteiger partial charge in [0.15, 0.2) is 0 Å². The number of hydrogen-bond donors (Lipinski definition) is 0. The maximum Gasteiger partial charge on any atom is 0.122 e. The van der Waals surface area contributed by atoms with E-state index in [4.69, 9.17) is 9.47 Å². The molecule has 30 heavy (non-hydrogen) atoms. The molecule has 0 fully saturated rings. The van der Waals surface area contributed by atoms with Gasteiger partial charge in [-0.15, -0.1) is 0 Å². The molecule has 166 valence electrons. The molecular formula is C28H42O2. The third kappa shape index (κ3) is 7.07. The van der Waals surface area contributed by atoms with Crippen molar-refractivity contribution in [1.82, 2.24) is 0 Å². The lowest BCUT2D eigenvalue weighted by Gasteiger charge is -2.18. The van der Waals surface area contributed by atoms with E-state index in [0.717, 1.165) is 37.6 Å². The van der Waals surface area contributed by atoms with E-state index in [1.165, 1.54) is 47.9 Å². The third-order valence-electron chi connectivity index (χ3n) is 5.61. The predicted octanol–water partition coefficient (Wildman–Crippen LogP) is 8.74. The van der Waals surface area contributed by atoms with Crippen molar-refractivity contribution in [3.05, 3.63) is 47.5 Å². The summed E-state index contributed by atoms with van der Waals surface area (Å²) in [6.45, 7) is 15.0. The van der Waals surface area contributed by atoms with Gasteiger partial charge in [-0.3, -0.25) is 0 Å².